The van der Waals surface area contributed by atoms with Crippen LogP contribution in [0.5, 0.6) is 17.2 Å². The Labute approximate surface area is 173 Å². The average Bonchev–Trinajstić information content (AvgIpc) is 2.69. The molecule has 2 rings (SSSR count). The zero-order chi connectivity index (χ0) is 20.5. The number of hydrazone groups is 1. The Morgan fingerprint density at radius 2 is 1.86 bits per heavy atom. The quantitative estimate of drug-likeness (QED) is 0.449. The number of anilines is 1. The van der Waals surface area contributed by atoms with Gasteiger partial charge >= 0.3 is 0 Å². The average molecular weight is 450 g/mol. The molecule has 0 heterocycles. The Kier molecular flexibility index (Phi) is 8.13. The normalized spacial score (nSPS) is 11.8. The molecule has 150 valence electrons. The lowest BCUT2D eigenvalue weighted by molar-refractivity contribution is -0.121. The summed E-state index contributed by atoms with van der Waals surface area (Å²) in [6, 6.07) is 10.5. The van der Waals surface area contributed by atoms with Gasteiger partial charge in [-0.1, -0.05) is 0 Å². The van der Waals surface area contributed by atoms with Crippen LogP contribution < -0.4 is 25.0 Å². The fourth-order valence-electron chi connectivity index (χ4n) is 2.38. The summed E-state index contributed by atoms with van der Waals surface area (Å²) in [6.45, 7) is 4.30. The topological polar surface area (TPSA) is 81.2 Å². The number of nitrogens with zero attached hydrogens (tertiary/aromatic N) is 1. The Hall–Kier alpha value is -2.74. The molecule has 0 aliphatic rings. The van der Waals surface area contributed by atoms with Crippen molar-refractivity contribution >= 4 is 33.7 Å². The van der Waals surface area contributed by atoms with E-state index in [4.69, 9.17) is 14.2 Å². The molecule has 1 amide bonds. The molecule has 0 unspecified atom stereocenters. The third kappa shape index (κ3) is 5.88. The van der Waals surface area contributed by atoms with Crippen LogP contribution >= 0.6 is 15.9 Å². The van der Waals surface area contributed by atoms with Crippen molar-refractivity contribution in [3.05, 3.63) is 46.4 Å². The van der Waals surface area contributed by atoms with E-state index < -0.39 is 6.04 Å². The summed E-state index contributed by atoms with van der Waals surface area (Å²) in [5.41, 5.74) is 4.04. The van der Waals surface area contributed by atoms with E-state index in [-0.39, 0.29) is 5.91 Å². The predicted octanol–water partition coefficient (Wildman–Crippen LogP) is 3.82. The van der Waals surface area contributed by atoms with Gasteiger partial charge in [0.25, 0.3) is 5.91 Å². The highest BCUT2D eigenvalue weighted by Gasteiger charge is 2.12. The maximum absolute atomic E-state index is 12.3. The molecule has 2 aromatic carbocycles. The Morgan fingerprint density at radius 3 is 2.46 bits per heavy atom. The molecule has 0 aliphatic heterocycles. The minimum atomic E-state index is -0.473. The fourth-order valence-corrected chi connectivity index (χ4v) is 2.90. The van der Waals surface area contributed by atoms with E-state index in [9.17, 15) is 4.79 Å². The molecule has 0 aliphatic carbocycles. The number of hydrogen-bond donors (Lipinski definition) is 2. The van der Waals surface area contributed by atoms with Gasteiger partial charge in [0.15, 0.2) is 0 Å². The van der Waals surface area contributed by atoms with Crippen LogP contribution in [-0.2, 0) is 4.79 Å². The molecular formula is C20H24BrN3O4. The standard InChI is InChI=1S/C20H24BrN3O4/c1-5-28-16-8-6-15(7-9-16)23-13(2)20(25)24-22-12-14-10-17(21)19(27-4)11-18(14)26-3/h6-13,23H,5H2,1-4H3,(H,24,25)/b22-12-/t13-/m0/s1. The van der Waals surface area contributed by atoms with Crippen molar-refractivity contribution in [3.8, 4) is 17.2 Å². The molecule has 2 N–H and O–H groups in total. The zero-order valence-electron chi connectivity index (χ0n) is 16.3. The first-order valence-corrected chi connectivity index (χ1v) is 9.51. The first-order valence-electron chi connectivity index (χ1n) is 8.72. The maximum atomic E-state index is 12.3. The summed E-state index contributed by atoms with van der Waals surface area (Å²) in [7, 11) is 3.13. The van der Waals surface area contributed by atoms with Gasteiger partial charge in [0.05, 0.1) is 31.5 Å². The zero-order valence-corrected chi connectivity index (χ0v) is 17.9. The van der Waals surface area contributed by atoms with Crippen molar-refractivity contribution in [1.29, 1.82) is 0 Å². The maximum Gasteiger partial charge on any atom is 0.262 e. The number of benzene rings is 2. The van der Waals surface area contributed by atoms with Gasteiger partial charge in [0.2, 0.25) is 0 Å². The lowest BCUT2D eigenvalue weighted by Crippen LogP contribution is -2.34. The van der Waals surface area contributed by atoms with Crippen LogP contribution in [0.4, 0.5) is 5.69 Å². The summed E-state index contributed by atoms with van der Waals surface area (Å²) in [5.74, 6) is 1.75. The molecule has 8 heteroatoms. The van der Waals surface area contributed by atoms with Gasteiger partial charge < -0.3 is 19.5 Å². The first kappa shape index (κ1) is 21.6. The van der Waals surface area contributed by atoms with Crippen molar-refractivity contribution in [2.75, 3.05) is 26.1 Å². The highest BCUT2D eigenvalue weighted by Crippen LogP contribution is 2.31. The minimum absolute atomic E-state index is 0.267. The van der Waals surface area contributed by atoms with Gasteiger partial charge in [-0.05, 0) is 60.1 Å². The van der Waals surface area contributed by atoms with Crippen molar-refractivity contribution < 1.29 is 19.0 Å². The van der Waals surface area contributed by atoms with E-state index in [2.05, 4.69) is 31.8 Å². The van der Waals surface area contributed by atoms with Gasteiger partial charge in [-0.3, -0.25) is 4.79 Å². The first-order chi connectivity index (χ1) is 13.5. The number of nitrogens with one attached hydrogen (secondary N) is 2. The molecule has 2 aromatic rings. The summed E-state index contributed by atoms with van der Waals surface area (Å²) in [4.78, 5) is 12.3. The van der Waals surface area contributed by atoms with Crippen LogP contribution in [0, 0.1) is 0 Å². The Balaban J connectivity index is 1.96. The van der Waals surface area contributed by atoms with Crippen molar-refractivity contribution in [1.82, 2.24) is 5.43 Å². The van der Waals surface area contributed by atoms with Crippen LogP contribution in [0.15, 0.2) is 46.0 Å². The number of amides is 1. The fraction of sp³-hybridized carbons (Fsp3) is 0.300. The molecule has 7 nitrogen and oxygen atoms in total. The van der Waals surface area contributed by atoms with Crippen LogP contribution in [0.25, 0.3) is 0 Å². The molecule has 0 saturated heterocycles. The third-order valence-electron chi connectivity index (χ3n) is 3.82. The van der Waals surface area contributed by atoms with Crippen LogP contribution in [0.2, 0.25) is 0 Å². The summed E-state index contributed by atoms with van der Waals surface area (Å²) in [5, 5.41) is 7.14. The van der Waals surface area contributed by atoms with E-state index >= 15 is 0 Å². The number of methoxy groups -OCH3 is 2. The number of carbonyl (C=O) groups is 1. The summed E-state index contributed by atoms with van der Waals surface area (Å²) >= 11 is 3.42. The largest absolute Gasteiger partial charge is 0.496 e. The number of rotatable bonds is 9. The van der Waals surface area contributed by atoms with Crippen LogP contribution in [-0.4, -0.2) is 39.0 Å². The third-order valence-corrected chi connectivity index (χ3v) is 4.44. The van der Waals surface area contributed by atoms with Crippen molar-refractivity contribution in [3.63, 3.8) is 0 Å². The molecule has 1 atom stereocenters. The number of halogens is 1. The Morgan fingerprint density at radius 1 is 1.18 bits per heavy atom. The molecule has 0 aromatic heterocycles. The summed E-state index contributed by atoms with van der Waals surface area (Å²) in [6.07, 6.45) is 1.52. The number of carbonyl (C=O) groups excluding carboxylic acids is 1. The van der Waals surface area contributed by atoms with E-state index in [1.807, 2.05) is 31.2 Å². The predicted molar refractivity (Wildman–Crippen MR) is 114 cm³/mol. The molecule has 0 saturated carbocycles. The van der Waals surface area contributed by atoms with Gasteiger partial charge in [0, 0.05) is 17.3 Å². The molecule has 0 radical (unpaired) electrons. The van der Waals surface area contributed by atoms with E-state index in [0.717, 1.165) is 15.9 Å². The van der Waals surface area contributed by atoms with E-state index in [1.165, 1.54) is 6.21 Å². The summed E-state index contributed by atoms with van der Waals surface area (Å²) < 4.78 is 16.7. The van der Waals surface area contributed by atoms with Crippen LogP contribution in [0.1, 0.15) is 19.4 Å². The second kappa shape index (κ2) is 10.6. The Bertz CT molecular complexity index is 825. The van der Waals surface area contributed by atoms with E-state index in [0.29, 0.717) is 23.7 Å². The minimum Gasteiger partial charge on any atom is -0.496 e. The number of ether oxygens (including phenoxy) is 3. The lowest BCUT2D eigenvalue weighted by atomic mass is 10.2. The van der Waals surface area contributed by atoms with Gasteiger partial charge in [-0.2, -0.15) is 5.10 Å². The van der Waals surface area contributed by atoms with E-state index in [1.54, 1.807) is 33.3 Å². The number of hydrogen-bond acceptors (Lipinski definition) is 6. The molecule has 28 heavy (non-hydrogen) atoms. The van der Waals surface area contributed by atoms with Gasteiger partial charge in [-0.15, -0.1) is 0 Å². The molecular weight excluding hydrogens is 426 g/mol. The van der Waals surface area contributed by atoms with Gasteiger partial charge in [0.1, 0.15) is 23.3 Å². The monoisotopic (exact) mass is 449 g/mol. The highest BCUT2D eigenvalue weighted by atomic mass is 79.9. The highest BCUT2D eigenvalue weighted by molar-refractivity contribution is 9.10. The van der Waals surface area contributed by atoms with Crippen LogP contribution in [0.3, 0.4) is 0 Å². The SMILES string of the molecule is CCOc1ccc(N[C@@H](C)C(=O)N/N=C\c2cc(Br)c(OC)cc2OC)cc1. The molecule has 0 bridgehead atoms. The van der Waals surface area contributed by atoms with Gasteiger partial charge in [-0.25, -0.2) is 5.43 Å². The second-order valence-corrected chi connectivity index (χ2v) is 6.64. The van der Waals surface area contributed by atoms with Crippen molar-refractivity contribution in [2.45, 2.75) is 19.9 Å². The second-order valence-electron chi connectivity index (χ2n) is 5.79. The van der Waals surface area contributed by atoms with Crippen molar-refractivity contribution in [2.24, 2.45) is 5.10 Å². The molecule has 0 fully saturated rings. The lowest BCUT2D eigenvalue weighted by Gasteiger charge is -2.14. The molecule has 0 spiro atoms. The smallest absolute Gasteiger partial charge is 0.262 e.